The molecule has 1 fully saturated rings. The summed E-state index contributed by atoms with van der Waals surface area (Å²) in [7, 11) is 0. The van der Waals surface area contributed by atoms with Crippen LogP contribution >= 0.6 is 0 Å². The van der Waals surface area contributed by atoms with Gasteiger partial charge in [-0.1, -0.05) is 12.1 Å². The Balaban J connectivity index is 1.75. The van der Waals surface area contributed by atoms with Crippen LogP contribution in [0, 0.1) is 0 Å². The minimum Gasteiger partial charge on any atom is -0.325 e. The van der Waals surface area contributed by atoms with E-state index in [-0.39, 0.29) is 11.4 Å². The number of para-hydroxylation sites is 1. The van der Waals surface area contributed by atoms with Gasteiger partial charge in [-0.25, -0.2) is 0 Å². The molecule has 2 aromatic rings. The quantitative estimate of drug-likeness (QED) is 0.769. The van der Waals surface area contributed by atoms with Crippen LogP contribution in [0.4, 0.5) is 5.69 Å². The summed E-state index contributed by atoms with van der Waals surface area (Å²) in [5.41, 5.74) is 7.40. The van der Waals surface area contributed by atoms with E-state index in [0.717, 1.165) is 35.9 Å². The maximum Gasteiger partial charge on any atom is 0.226 e. The van der Waals surface area contributed by atoms with Gasteiger partial charge in [0.15, 0.2) is 0 Å². The highest BCUT2D eigenvalue weighted by molar-refractivity contribution is 6.00. The first-order valence-electron chi connectivity index (χ1n) is 6.17. The van der Waals surface area contributed by atoms with Crippen molar-refractivity contribution in [2.45, 2.75) is 31.2 Å². The maximum atomic E-state index is 12.0. The predicted octanol–water partition coefficient (Wildman–Crippen LogP) is 1.77. The van der Waals surface area contributed by atoms with Gasteiger partial charge in [0, 0.05) is 17.3 Å². The lowest BCUT2D eigenvalue weighted by Gasteiger charge is -2.37. The fourth-order valence-electron chi connectivity index (χ4n) is 2.39. The van der Waals surface area contributed by atoms with E-state index in [1.54, 1.807) is 6.20 Å². The van der Waals surface area contributed by atoms with Gasteiger partial charge in [-0.2, -0.15) is 5.10 Å². The Labute approximate surface area is 105 Å². The average molecular weight is 244 g/mol. The van der Waals surface area contributed by atoms with Crippen LogP contribution in [0.1, 0.15) is 25.7 Å². The van der Waals surface area contributed by atoms with E-state index in [2.05, 4.69) is 15.5 Å². The summed E-state index contributed by atoms with van der Waals surface area (Å²) in [6.07, 6.45) is 5.13. The number of anilines is 1. The monoisotopic (exact) mass is 244 g/mol. The summed E-state index contributed by atoms with van der Waals surface area (Å²) in [6, 6.07) is 5.71. The first kappa shape index (κ1) is 11.2. The molecule has 1 aliphatic rings. The van der Waals surface area contributed by atoms with E-state index in [4.69, 9.17) is 5.73 Å². The summed E-state index contributed by atoms with van der Waals surface area (Å²) >= 11 is 0. The van der Waals surface area contributed by atoms with Gasteiger partial charge < -0.3 is 11.1 Å². The number of aromatic amines is 1. The van der Waals surface area contributed by atoms with E-state index in [1.165, 1.54) is 0 Å². The number of hydrogen-bond acceptors (Lipinski definition) is 3. The average Bonchev–Trinajstić information content (AvgIpc) is 2.76. The lowest BCUT2D eigenvalue weighted by Crippen LogP contribution is -2.48. The Morgan fingerprint density at radius 3 is 3.06 bits per heavy atom. The molecule has 1 aromatic heterocycles. The van der Waals surface area contributed by atoms with Crippen molar-refractivity contribution in [2.24, 2.45) is 5.73 Å². The number of carbonyl (C=O) groups is 1. The van der Waals surface area contributed by atoms with Crippen LogP contribution in [0.2, 0.25) is 0 Å². The van der Waals surface area contributed by atoms with Crippen LogP contribution in [0.3, 0.4) is 0 Å². The van der Waals surface area contributed by atoms with Gasteiger partial charge in [-0.05, 0) is 25.3 Å². The Morgan fingerprint density at radius 2 is 2.33 bits per heavy atom. The van der Waals surface area contributed by atoms with Gasteiger partial charge in [0.25, 0.3) is 0 Å². The molecule has 5 nitrogen and oxygen atoms in total. The van der Waals surface area contributed by atoms with Crippen LogP contribution in [0.15, 0.2) is 24.4 Å². The van der Waals surface area contributed by atoms with E-state index < -0.39 is 0 Å². The zero-order valence-electron chi connectivity index (χ0n) is 10.1. The highest BCUT2D eigenvalue weighted by atomic mass is 16.1. The first-order valence-corrected chi connectivity index (χ1v) is 6.17. The largest absolute Gasteiger partial charge is 0.325 e. The van der Waals surface area contributed by atoms with Crippen molar-refractivity contribution in [2.75, 3.05) is 5.32 Å². The Kier molecular flexibility index (Phi) is 2.56. The Bertz CT molecular complexity index is 585. The van der Waals surface area contributed by atoms with Crippen molar-refractivity contribution in [1.29, 1.82) is 0 Å². The predicted molar refractivity (Wildman–Crippen MR) is 70.1 cm³/mol. The molecule has 0 spiro atoms. The molecule has 94 valence electrons. The topological polar surface area (TPSA) is 83.8 Å². The van der Waals surface area contributed by atoms with E-state index in [9.17, 15) is 4.79 Å². The summed E-state index contributed by atoms with van der Waals surface area (Å²) in [5.74, 6) is -0.0284. The molecule has 0 atom stereocenters. The van der Waals surface area contributed by atoms with E-state index >= 15 is 0 Å². The molecule has 0 saturated heterocycles. The second-order valence-electron chi connectivity index (χ2n) is 5.08. The van der Waals surface area contributed by atoms with E-state index in [0.29, 0.717) is 6.42 Å². The molecule has 1 aromatic carbocycles. The van der Waals surface area contributed by atoms with Gasteiger partial charge in [0.2, 0.25) is 5.91 Å². The standard InChI is InChI=1S/C13H16N4O/c14-13(5-2-6-13)7-11(18)16-10-4-1-3-9-8-15-17-12(9)10/h1,3-4,8H,2,5-7,14H2,(H,15,17)(H,16,18). The maximum absolute atomic E-state index is 12.0. The molecule has 1 heterocycles. The zero-order chi connectivity index (χ0) is 12.6. The van der Waals surface area contributed by atoms with Gasteiger partial charge >= 0.3 is 0 Å². The number of H-pyrrole nitrogens is 1. The normalized spacial score (nSPS) is 17.4. The third kappa shape index (κ3) is 1.97. The van der Waals surface area contributed by atoms with E-state index in [1.807, 2.05) is 18.2 Å². The van der Waals surface area contributed by atoms with Crippen molar-refractivity contribution in [3.63, 3.8) is 0 Å². The van der Waals surface area contributed by atoms with Crippen LogP contribution in [-0.2, 0) is 4.79 Å². The van der Waals surface area contributed by atoms with Gasteiger partial charge in [0.05, 0.1) is 17.4 Å². The Hall–Kier alpha value is -1.88. The number of nitrogens with one attached hydrogen (secondary N) is 2. The number of amides is 1. The van der Waals surface area contributed by atoms with Crippen molar-refractivity contribution >= 4 is 22.5 Å². The lowest BCUT2D eigenvalue weighted by molar-refractivity contribution is -0.118. The summed E-state index contributed by atoms with van der Waals surface area (Å²) in [5, 5.41) is 10.7. The summed E-state index contributed by atoms with van der Waals surface area (Å²) in [4.78, 5) is 12.0. The van der Waals surface area contributed by atoms with Gasteiger partial charge in [-0.3, -0.25) is 9.89 Å². The molecule has 5 heteroatoms. The summed E-state index contributed by atoms with van der Waals surface area (Å²) in [6.45, 7) is 0. The molecule has 0 bridgehead atoms. The van der Waals surface area contributed by atoms with Crippen LogP contribution in [0.25, 0.3) is 10.9 Å². The first-order chi connectivity index (χ1) is 8.66. The highest BCUT2D eigenvalue weighted by Crippen LogP contribution is 2.32. The number of hydrogen-bond donors (Lipinski definition) is 3. The number of benzene rings is 1. The minimum absolute atomic E-state index is 0.0284. The lowest BCUT2D eigenvalue weighted by atomic mass is 9.75. The second kappa shape index (κ2) is 4.10. The van der Waals surface area contributed by atoms with Crippen LogP contribution in [-0.4, -0.2) is 21.6 Å². The molecule has 4 N–H and O–H groups in total. The highest BCUT2D eigenvalue weighted by Gasteiger charge is 2.34. The molecule has 3 rings (SSSR count). The zero-order valence-corrected chi connectivity index (χ0v) is 10.1. The minimum atomic E-state index is -0.286. The molecule has 0 radical (unpaired) electrons. The molecule has 1 amide bonds. The molecule has 1 saturated carbocycles. The fourth-order valence-corrected chi connectivity index (χ4v) is 2.39. The molecular weight excluding hydrogens is 228 g/mol. The second-order valence-corrected chi connectivity index (χ2v) is 5.08. The number of nitrogens with zero attached hydrogens (tertiary/aromatic N) is 1. The molecule has 0 unspecified atom stereocenters. The van der Waals surface area contributed by atoms with Gasteiger partial charge in [-0.15, -0.1) is 0 Å². The van der Waals surface area contributed by atoms with Crippen LogP contribution < -0.4 is 11.1 Å². The Morgan fingerprint density at radius 1 is 1.50 bits per heavy atom. The SMILES string of the molecule is NC1(CC(=O)Nc2cccc3cn[nH]c23)CCC1. The summed E-state index contributed by atoms with van der Waals surface area (Å²) < 4.78 is 0. The number of nitrogens with two attached hydrogens (primary N) is 1. The number of rotatable bonds is 3. The third-order valence-corrected chi connectivity index (χ3v) is 3.61. The smallest absolute Gasteiger partial charge is 0.226 e. The van der Waals surface area contributed by atoms with Crippen LogP contribution in [0.5, 0.6) is 0 Å². The van der Waals surface area contributed by atoms with Crippen molar-refractivity contribution in [1.82, 2.24) is 10.2 Å². The van der Waals surface area contributed by atoms with Crippen molar-refractivity contribution < 1.29 is 4.79 Å². The number of fused-ring (bicyclic) bond motifs is 1. The third-order valence-electron chi connectivity index (χ3n) is 3.61. The van der Waals surface area contributed by atoms with Crippen molar-refractivity contribution in [3.8, 4) is 0 Å². The molecule has 18 heavy (non-hydrogen) atoms. The molecular formula is C13H16N4O. The fraction of sp³-hybridized carbons (Fsp3) is 0.385. The van der Waals surface area contributed by atoms with Gasteiger partial charge in [0.1, 0.15) is 0 Å². The molecule has 1 aliphatic carbocycles. The van der Waals surface area contributed by atoms with Crippen molar-refractivity contribution in [3.05, 3.63) is 24.4 Å². The number of aromatic nitrogens is 2. The number of carbonyl (C=O) groups excluding carboxylic acids is 1. The molecule has 0 aliphatic heterocycles.